The number of hydrogen-bond donors (Lipinski definition) is 2. The lowest BCUT2D eigenvalue weighted by Crippen LogP contribution is -2.43. The Bertz CT molecular complexity index is 893. The van der Waals surface area contributed by atoms with Crippen LogP contribution >= 0.6 is 11.3 Å². The first-order valence-corrected chi connectivity index (χ1v) is 9.31. The van der Waals surface area contributed by atoms with Crippen molar-refractivity contribution in [2.24, 2.45) is 0 Å². The Labute approximate surface area is 161 Å². The summed E-state index contributed by atoms with van der Waals surface area (Å²) >= 11 is 1.28. The zero-order valence-corrected chi connectivity index (χ0v) is 15.3. The molecule has 0 aliphatic carbocycles. The van der Waals surface area contributed by atoms with Crippen LogP contribution in [0.1, 0.15) is 15.2 Å². The zero-order valence-electron chi connectivity index (χ0n) is 14.5. The fraction of sp³-hybridized carbons (Fsp3) is 0.143. The monoisotopic (exact) mass is 381 g/mol. The van der Waals surface area contributed by atoms with Gasteiger partial charge in [-0.1, -0.05) is 60.7 Å². The lowest BCUT2D eigenvalue weighted by atomic mass is 10.1. The Morgan fingerprint density at radius 1 is 1.00 bits per heavy atom. The van der Waals surface area contributed by atoms with Gasteiger partial charge in [-0.25, -0.2) is 4.79 Å². The van der Waals surface area contributed by atoms with E-state index in [0.29, 0.717) is 4.88 Å². The summed E-state index contributed by atoms with van der Waals surface area (Å²) in [5.41, 5.74) is 2.88. The predicted molar refractivity (Wildman–Crippen MR) is 105 cm³/mol. The summed E-state index contributed by atoms with van der Waals surface area (Å²) in [5.74, 6) is -1.55. The minimum atomic E-state index is -1.13. The van der Waals surface area contributed by atoms with E-state index < -0.39 is 17.9 Å². The second-order valence-corrected chi connectivity index (χ2v) is 6.84. The molecular formula is C21H19NO4S. The van der Waals surface area contributed by atoms with Crippen molar-refractivity contribution in [3.05, 3.63) is 82.6 Å². The molecule has 2 aromatic carbocycles. The largest absolute Gasteiger partial charge is 0.480 e. The van der Waals surface area contributed by atoms with E-state index in [2.05, 4.69) is 5.32 Å². The number of hydrogen-bond acceptors (Lipinski definition) is 4. The summed E-state index contributed by atoms with van der Waals surface area (Å²) in [6.45, 7) is 0.185. The maximum atomic E-state index is 12.4. The molecule has 138 valence electrons. The maximum absolute atomic E-state index is 12.4. The fourth-order valence-electron chi connectivity index (χ4n) is 2.51. The number of nitrogens with one attached hydrogen (secondary N) is 1. The summed E-state index contributed by atoms with van der Waals surface area (Å²) in [5, 5.41) is 13.8. The third-order valence-corrected chi connectivity index (χ3v) is 4.86. The van der Waals surface area contributed by atoms with Crippen LogP contribution in [0.4, 0.5) is 0 Å². The molecule has 0 fully saturated rings. The Morgan fingerprint density at radius 2 is 1.67 bits per heavy atom. The lowest BCUT2D eigenvalue weighted by molar-refractivity contribution is -0.141. The number of carboxylic acid groups (broad SMARTS) is 1. The average Bonchev–Trinajstić information content (AvgIpc) is 3.19. The van der Waals surface area contributed by atoms with Gasteiger partial charge in [0.05, 0.1) is 18.1 Å². The van der Waals surface area contributed by atoms with Crippen molar-refractivity contribution in [3.63, 3.8) is 0 Å². The molecule has 1 amide bonds. The third kappa shape index (κ3) is 5.26. The highest BCUT2D eigenvalue weighted by molar-refractivity contribution is 7.12. The summed E-state index contributed by atoms with van der Waals surface area (Å²) < 4.78 is 5.46. The van der Waals surface area contributed by atoms with Gasteiger partial charge in [-0.05, 0) is 28.1 Å². The second-order valence-electron chi connectivity index (χ2n) is 5.93. The van der Waals surface area contributed by atoms with E-state index in [0.717, 1.165) is 16.7 Å². The minimum absolute atomic E-state index is 0.104. The number of thiophene rings is 1. The Kier molecular flexibility index (Phi) is 6.35. The minimum Gasteiger partial charge on any atom is -0.480 e. The quantitative estimate of drug-likeness (QED) is 0.622. The summed E-state index contributed by atoms with van der Waals surface area (Å²) in [6, 6.07) is 19.8. The summed E-state index contributed by atoms with van der Waals surface area (Å²) in [4.78, 5) is 24.3. The van der Waals surface area contributed by atoms with Gasteiger partial charge in [-0.15, -0.1) is 11.3 Å². The van der Waals surface area contributed by atoms with Crippen LogP contribution in [-0.2, 0) is 16.1 Å². The van der Waals surface area contributed by atoms with Crippen molar-refractivity contribution in [2.45, 2.75) is 12.6 Å². The number of carbonyl (C=O) groups is 2. The van der Waals surface area contributed by atoms with E-state index in [-0.39, 0.29) is 13.2 Å². The van der Waals surface area contributed by atoms with Crippen LogP contribution in [0.3, 0.4) is 0 Å². The highest BCUT2D eigenvalue weighted by Gasteiger charge is 2.22. The lowest BCUT2D eigenvalue weighted by Gasteiger charge is -2.14. The van der Waals surface area contributed by atoms with Gasteiger partial charge in [-0.2, -0.15) is 0 Å². The smallest absolute Gasteiger partial charge is 0.328 e. The summed E-state index contributed by atoms with van der Waals surface area (Å²) in [7, 11) is 0. The Hall–Kier alpha value is -2.96. The molecule has 0 aliphatic heterocycles. The number of rotatable bonds is 8. The molecule has 3 aromatic rings. The molecule has 0 spiro atoms. The van der Waals surface area contributed by atoms with Crippen molar-refractivity contribution in [1.82, 2.24) is 5.32 Å². The van der Waals surface area contributed by atoms with Gasteiger partial charge >= 0.3 is 5.97 Å². The van der Waals surface area contributed by atoms with E-state index in [1.54, 1.807) is 6.07 Å². The molecule has 0 saturated heterocycles. The summed E-state index contributed by atoms with van der Waals surface area (Å²) in [6.07, 6.45) is 0. The number of ether oxygens (including phenoxy) is 1. The maximum Gasteiger partial charge on any atom is 0.328 e. The fourth-order valence-corrected chi connectivity index (χ4v) is 3.33. The molecule has 1 atom stereocenters. The first-order chi connectivity index (χ1) is 13.1. The molecular weight excluding hydrogens is 362 g/mol. The van der Waals surface area contributed by atoms with Gasteiger partial charge in [0.25, 0.3) is 5.91 Å². The Balaban J connectivity index is 1.58. The first-order valence-electron chi connectivity index (χ1n) is 8.43. The topological polar surface area (TPSA) is 75.6 Å². The molecule has 0 bridgehead atoms. The van der Waals surface area contributed by atoms with Crippen molar-refractivity contribution in [3.8, 4) is 11.1 Å². The number of aliphatic carboxylic acids is 1. The molecule has 27 heavy (non-hydrogen) atoms. The van der Waals surface area contributed by atoms with Crippen molar-refractivity contribution in [1.29, 1.82) is 0 Å². The van der Waals surface area contributed by atoms with Gasteiger partial charge in [0, 0.05) is 0 Å². The van der Waals surface area contributed by atoms with Crippen molar-refractivity contribution in [2.75, 3.05) is 6.61 Å². The SMILES string of the molecule is O=C(N[C@@H](COCc1ccccc1)C(=O)O)c1cc(-c2ccccc2)cs1. The van der Waals surface area contributed by atoms with Crippen LogP contribution in [0.5, 0.6) is 0 Å². The van der Waals surface area contributed by atoms with Crippen LogP contribution in [0, 0.1) is 0 Å². The standard InChI is InChI=1S/C21H19NO4S/c23-20(19-11-17(14-27-19)16-9-5-2-6-10-16)22-18(21(24)25)13-26-12-15-7-3-1-4-8-15/h1-11,14,18H,12-13H2,(H,22,23)(H,24,25)/t18-/m0/s1. The van der Waals surface area contributed by atoms with E-state index in [1.807, 2.05) is 66.0 Å². The Morgan fingerprint density at radius 3 is 2.33 bits per heavy atom. The molecule has 0 aliphatic rings. The highest BCUT2D eigenvalue weighted by atomic mass is 32.1. The van der Waals surface area contributed by atoms with Gasteiger partial charge in [0.2, 0.25) is 0 Å². The van der Waals surface area contributed by atoms with Crippen LogP contribution < -0.4 is 5.32 Å². The first kappa shape index (κ1) is 18.8. The predicted octanol–water partition coefficient (Wildman–Crippen LogP) is 3.81. The molecule has 0 saturated carbocycles. The van der Waals surface area contributed by atoms with Crippen LogP contribution in [0.15, 0.2) is 72.1 Å². The van der Waals surface area contributed by atoms with Crippen molar-refractivity contribution < 1.29 is 19.4 Å². The third-order valence-electron chi connectivity index (χ3n) is 3.93. The number of benzene rings is 2. The van der Waals surface area contributed by atoms with Gasteiger partial charge < -0.3 is 15.2 Å². The number of amides is 1. The van der Waals surface area contributed by atoms with E-state index in [9.17, 15) is 14.7 Å². The molecule has 0 radical (unpaired) electrons. The van der Waals surface area contributed by atoms with Crippen molar-refractivity contribution >= 4 is 23.2 Å². The van der Waals surface area contributed by atoms with Crippen LogP contribution in [0.25, 0.3) is 11.1 Å². The molecule has 3 rings (SSSR count). The molecule has 6 heteroatoms. The number of carboxylic acids is 1. The van der Waals surface area contributed by atoms with Gasteiger partial charge in [0.15, 0.2) is 6.04 Å². The van der Waals surface area contributed by atoms with Gasteiger partial charge in [0.1, 0.15) is 0 Å². The van der Waals surface area contributed by atoms with E-state index >= 15 is 0 Å². The van der Waals surface area contributed by atoms with E-state index in [1.165, 1.54) is 11.3 Å². The molecule has 5 nitrogen and oxygen atoms in total. The van der Waals surface area contributed by atoms with Gasteiger partial charge in [-0.3, -0.25) is 4.79 Å². The number of carbonyl (C=O) groups excluding carboxylic acids is 1. The molecule has 0 unspecified atom stereocenters. The average molecular weight is 381 g/mol. The van der Waals surface area contributed by atoms with E-state index in [4.69, 9.17) is 4.74 Å². The normalized spacial score (nSPS) is 11.7. The van der Waals surface area contributed by atoms with Crippen LogP contribution in [-0.4, -0.2) is 29.6 Å². The second kappa shape index (κ2) is 9.12. The highest BCUT2D eigenvalue weighted by Crippen LogP contribution is 2.25. The molecule has 2 N–H and O–H groups in total. The molecule has 1 heterocycles. The van der Waals surface area contributed by atoms with Crippen LogP contribution in [0.2, 0.25) is 0 Å². The molecule has 1 aromatic heterocycles. The zero-order chi connectivity index (χ0) is 19.1.